The van der Waals surface area contributed by atoms with Crippen LogP contribution in [0.1, 0.15) is 25.8 Å². The van der Waals surface area contributed by atoms with E-state index in [1.165, 1.54) is 11.0 Å². The van der Waals surface area contributed by atoms with Crippen molar-refractivity contribution in [1.82, 2.24) is 5.32 Å². The van der Waals surface area contributed by atoms with Crippen molar-refractivity contribution in [3.8, 4) is 23.0 Å². The van der Waals surface area contributed by atoms with Gasteiger partial charge in [-0.25, -0.2) is 0 Å². The first-order valence-electron chi connectivity index (χ1n) is 11.6. The first kappa shape index (κ1) is 24.9. The van der Waals surface area contributed by atoms with Gasteiger partial charge in [-0.1, -0.05) is 31.2 Å². The maximum Gasteiger partial charge on any atom is 0.270 e. The molecule has 4 rings (SSSR count). The van der Waals surface area contributed by atoms with Crippen LogP contribution in [0.5, 0.6) is 23.0 Å². The molecule has 3 aromatic rings. The molecule has 8 heteroatoms. The summed E-state index contributed by atoms with van der Waals surface area (Å²) in [5, 5.41) is 2.62. The topological polar surface area (TPSA) is 77.1 Å². The molecule has 0 saturated carbocycles. The van der Waals surface area contributed by atoms with Crippen LogP contribution in [0, 0.1) is 0 Å². The fraction of sp³-hybridized carbons (Fsp3) is 0.179. The van der Waals surface area contributed by atoms with Crippen molar-refractivity contribution < 1.29 is 23.8 Å². The van der Waals surface area contributed by atoms with E-state index >= 15 is 0 Å². The Morgan fingerprint density at radius 1 is 0.889 bits per heavy atom. The molecule has 7 nitrogen and oxygen atoms in total. The van der Waals surface area contributed by atoms with Gasteiger partial charge < -0.3 is 14.2 Å². The third-order valence-electron chi connectivity index (χ3n) is 5.22. The Bertz CT molecular complexity index is 1290. The van der Waals surface area contributed by atoms with Gasteiger partial charge in [0.05, 0.1) is 18.9 Å². The molecule has 0 aliphatic carbocycles. The number of nitrogens with zero attached hydrogens (tertiary/aromatic N) is 1. The number of nitrogens with one attached hydrogen (secondary N) is 1. The average molecular weight is 503 g/mol. The Hall–Kier alpha value is -4.17. The van der Waals surface area contributed by atoms with Crippen LogP contribution in [-0.4, -0.2) is 30.1 Å². The molecule has 184 valence electrons. The maximum absolute atomic E-state index is 13.4. The number of hydrogen-bond donors (Lipinski definition) is 1. The fourth-order valence-electron chi connectivity index (χ4n) is 3.56. The lowest BCUT2D eigenvalue weighted by molar-refractivity contribution is -0.122. The molecule has 1 aliphatic heterocycles. The number of rotatable bonds is 9. The van der Waals surface area contributed by atoms with Crippen LogP contribution in [0.25, 0.3) is 6.08 Å². The van der Waals surface area contributed by atoms with E-state index in [0.29, 0.717) is 47.5 Å². The fourth-order valence-corrected chi connectivity index (χ4v) is 3.84. The molecular formula is C28H26N2O5S. The second kappa shape index (κ2) is 11.5. The predicted molar refractivity (Wildman–Crippen MR) is 143 cm³/mol. The van der Waals surface area contributed by atoms with Crippen molar-refractivity contribution in [2.24, 2.45) is 0 Å². The van der Waals surface area contributed by atoms with Gasteiger partial charge in [0.15, 0.2) is 16.6 Å². The summed E-state index contributed by atoms with van der Waals surface area (Å²) in [6, 6.07) is 21.6. The van der Waals surface area contributed by atoms with Crippen LogP contribution in [0.2, 0.25) is 0 Å². The molecule has 3 aromatic carbocycles. The monoisotopic (exact) mass is 502 g/mol. The Morgan fingerprint density at radius 3 is 2.31 bits per heavy atom. The van der Waals surface area contributed by atoms with Gasteiger partial charge in [0.1, 0.15) is 17.1 Å². The smallest absolute Gasteiger partial charge is 0.270 e. The van der Waals surface area contributed by atoms with Gasteiger partial charge in [-0.3, -0.25) is 19.8 Å². The number of amides is 2. The van der Waals surface area contributed by atoms with E-state index in [1.807, 2.05) is 44.2 Å². The molecule has 0 atom stereocenters. The molecule has 1 saturated heterocycles. The minimum absolute atomic E-state index is 0.0113. The van der Waals surface area contributed by atoms with Gasteiger partial charge in [0.2, 0.25) is 0 Å². The summed E-state index contributed by atoms with van der Waals surface area (Å²) in [7, 11) is 0. The Balaban J connectivity index is 1.58. The zero-order valence-corrected chi connectivity index (χ0v) is 20.8. The quantitative estimate of drug-likeness (QED) is 0.237. The van der Waals surface area contributed by atoms with Crippen LogP contribution in [-0.2, 0) is 9.59 Å². The number of ether oxygens (including phenoxy) is 3. The van der Waals surface area contributed by atoms with E-state index in [9.17, 15) is 9.59 Å². The zero-order chi connectivity index (χ0) is 25.5. The standard InChI is InChI=1S/C28H26N2O5S/c1-3-16-34-24-15-10-19(18-25(24)33-4-2)17-23-26(31)29-28(36)30(27(23)32)20-11-13-22(14-12-20)35-21-8-6-5-7-9-21/h5-15,17-18H,3-4,16H2,1-2H3,(H,29,31,36)/b23-17+. The summed E-state index contributed by atoms with van der Waals surface area (Å²) in [4.78, 5) is 27.3. The molecule has 1 N–H and O–H groups in total. The number of thiocarbonyl (C=S) groups is 1. The highest BCUT2D eigenvalue weighted by Crippen LogP contribution is 2.31. The van der Waals surface area contributed by atoms with Crippen molar-refractivity contribution in [2.45, 2.75) is 20.3 Å². The molecule has 0 bridgehead atoms. The number of hydrogen-bond acceptors (Lipinski definition) is 6. The first-order valence-corrected chi connectivity index (χ1v) is 12.0. The molecule has 0 aromatic heterocycles. The summed E-state index contributed by atoms with van der Waals surface area (Å²) >= 11 is 5.31. The highest BCUT2D eigenvalue weighted by atomic mass is 32.1. The van der Waals surface area contributed by atoms with Crippen LogP contribution >= 0.6 is 12.2 Å². The number of benzene rings is 3. The summed E-state index contributed by atoms with van der Waals surface area (Å²) in [5.74, 6) is 1.38. The van der Waals surface area contributed by atoms with E-state index < -0.39 is 11.8 Å². The van der Waals surface area contributed by atoms with Crippen molar-refractivity contribution in [3.05, 3.63) is 83.9 Å². The lowest BCUT2D eigenvalue weighted by Gasteiger charge is -2.29. The molecule has 0 radical (unpaired) electrons. The lowest BCUT2D eigenvalue weighted by atomic mass is 10.1. The van der Waals surface area contributed by atoms with Crippen LogP contribution in [0.15, 0.2) is 78.4 Å². The van der Waals surface area contributed by atoms with Crippen molar-refractivity contribution in [2.75, 3.05) is 18.1 Å². The van der Waals surface area contributed by atoms with Gasteiger partial charge in [-0.05, 0) is 85.7 Å². The van der Waals surface area contributed by atoms with Gasteiger partial charge in [-0.2, -0.15) is 0 Å². The van der Waals surface area contributed by atoms with Gasteiger partial charge in [-0.15, -0.1) is 0 Å². The zero-order valence-electron chi connectivity index (χ0n) is 20.0. The lowest BCUT2D eigenvalue weighted by Crippen LogP contribution is -2.54. The molecule has 36 heavy (non-hydrogen) atoms. The van der Waals surface area contributed by atoms with Crippen LogP contribution < -0.4 is 24.4 Å². The summed E-state index contributed by atoms with van der Waals surface area (Å²) in [6.45, 7) is 4.91. The van der Waals surface area contributed by atoms with Crippen LogP contribution in [0.4, 0.5) is 5.69 Å². The minimum Gasteiger partial charge on any atom is -0.490 e. The summed E-state index contributed by atoms with van der Waals surface area (Å²) in [5.41, 5.74) is 1.09. The summed E-state index contributed by atoms with van der Waals surface area (Å²) in [6.07, 6.45) is 2.38. The summed E-state index contributed by atoms with van der Waals surface area (Å²) < 4.78 is 17.2. The first-order chi connectivity index (χ1) is 17.5. The van der Waals surface area contributed by atoms with Crippen molar-refractivity contribution in [3.63, 3.8) is 0 Å². The minimum atomic E-state index is -0.561. The number of para-hydroxylation sites is 1. The third kappa shape index (κ3) is 5.72. The van der Waals surface area contributed by atoms with E-state index in [2.05, 4.69) is 5.32 Å². The Kier molecular flexibility index (Phi) is 7.97. The SMILES string of the molecule is CCCOc1ccc(/C=C2\C(=O)NC(=S)N(c3ccc(Oc4ccccc4)cc3)C2=O)cc1OCC. The number of anilines is 1. The second-order valence-corrected chi connectivity index (χ2v) is 8.24. The predicted octanol–water partition coefficient (Wildman–Crippen LogP) is 5.50. The van der Waals surface area contributed by atoms with Gasteiger partial charge in [0, 0.05) is 0 Å². The molecule has 1 heterocycles. The van der Waals surface area contributed by atoms with Gasteiger partial charge >= 0.3 is 0 Å². The molecule has 1 fully saturated rings. The molecule has 0 spiro atoms. The Morgan fingerprint density at radius 2 is 1.61 bits per heavy atom. The molecule has 0 unspecified atom stereocenters. The maximum atomic E-state index is 13.4. The normalized spacial score (nSPS) is 14.6. The Labute approximate surface area is 215 Å². The van der Waals surface area contributed by atoms with Crippen LogP contribution in [0.3, 0.4) is 0 Å². The molecular weight excluding hydrogens is 476 g/mol. The number of carbonyl (C=O) groups is 2. The third-order valence-corrected chi connectivity index (χ3v) is 5.50. The highest BCUT2D eigenvalue weighted by molar-refractivity contribution is 7.80. The molecule has 1 aliphatic rings. The van der Waals surface area contributed by atoms with Gasteiger partial charge in [0.25, 0.3) is 11.8 Å². The number of carbonyl (C=O) groups excluding carboxylic acids is 2. The van der Waals surface area contributed by atoms with Crippen molar-refractivity contribution in [1.29, 1.82) is 0 Å². The second-order valence-electron chi connectivity index (χ2n) is 7.85. The highest BCUT2D eigenvalue weighted by Gasteiger charge is 2.34. The largest absolute Gasteiger partial charge is 0.490 e. The van der Waals surface area contributed by atoms with E-state index in [1.54, 1.807) is 42.5 Å². The van der Waals surface area contributed by atoms with Crippen molar-refractivity contribution >= 4 is 40.9 Å². The van der Waals surface area contributed by atoms with E-state index in [0.717, 1.165) is 6.42 Å². The molecule has 2 amide bonds. The van der Waals surface area contributed by atoms with E-state index in [-0.39, 0.29) is 10.7 Å². The van der Waals surface area contributed by atoms with E-state index in [4.69, 9.17) is 26.4 Å². The average Bonchev–Trinajstić information content (AvgIpc) is 2.88.